The summed E-state index contributed by atoms with van der Waals surface area (Å²) in [4.78, 5) is 0. The number of benzene rings is 1. The van der Waals surface area contributed by atoms with Gasteiger partial charge in [-0.1, -0.05) is 38.0 Å². The summed E-state index contributed by atoms with van der Waals surface area (Å²) in [6.45, 7) is 2.13. The zero-order chi connectivity index (χ0) is 11.8. The molecule has 1 unspecified atom stereocenters. The van der Waals surface area contributed by atoms with Gasteiger partial charge in [0, 0.05) is 23.4 Å². The lowest BCUT2D eigenvalue weighted by atomic mass is 9.98. The Morgan fingerprint density at radius 3 is 2.82 bits per heavy atom. The molecule has 0 amide bonds. The van der Waals surface area contributed by atoms with Crippen molar-refractivity contribution >= 4 is 11.0 Å². The minimum atomic E-state index is 0.140. The topological polar surface area (TPSA) is 39.2 Å². The van der Waals surface area contributed by atoms with Crippen LogP contribution in [-0.4, -0.2) is 0 Å². The van der Waals surface area contributed by atoms with E-state index in [0.29, 0.717) is 0 Å². The fourth-order valence-corrected chi connectivity index (χ4v) is 2.62. The molecule has 0 bridgehead atoms. The van der Waals surface area contributed by atoms with Crippen molar-refractivity contribution in [3.63, 3.8) is 0 Å². The molecule has 1 aromatic heterocycles. The van der Waals surface area contributed by atoms with Gasteiger partial charge in [0.25, 0.3) is 0 Å². The average Bonchev–Trinajstić information content (AvgIpc) is 3.06. The molecule has 0 saturated heterocycles. The molecule has 1 atom stereocenters. The normalized spacial score (nSPS) is 17.5. The number of para-hydroxylation sites is 1. The molecule has 0 radical (unpaired) electrons. The Morgan fingerprint density at radius 1 is 1.35 bits per heavy atom. The molecule has 1 aromatic carbocycles. The highest BCUT2D eigenvalue weighted by molar-refractivity contribution is 5.82. The van der Waals surface area contributed by atoms with E-state index in [1.807, 2.05) is 12.1 Å². The standard InChI is InChI=1S/C15H19NO/c1-2-13-15(12(16)9-10-7-8-10)11-5-3-4-6-14(11)17-13/h3-6,10,12H,2,7-9,16H2,1H3. The monoisotopic (exact) mass is 229 g/mol. The Kier molecular flexibility index (Phi) is 2.67. The number of aryl methyl sites for hydroxylation is 1. The molecule has 2 heteroatoms. The van der Waals surface area contributed by atoms with Crippen molar-refractivity contribution in [2.24, 2.45) is 11.7 Å². The SMILES string of the molecule is CCc1oc2ccccc2c1C(N)CC1CC1. The summed E-state index contributed by atoms with van der Waals surface area (Å²) in [5, 5.41) is 1.21. The first kappa shape index (κ1) is 10.8. The van der Waals surface area contributed by atoms with Gasteiger partial charge in [-0.3, -0.25) is 0 Å². The Labute approximate surface area is 102 Å². The molecule has 2 nitrogen and oxygen atoms in total. The van der Waals surface area contributed by atoms with Crippen LogP contribution < -0.4 is 5.73 Å². The van der Waals surface area contributed by atoms with Gasteiger partial charge in [-0.2, -0.15) is 0 Å². The van der Waals surface area contributed by atoms with Crippen molar-refractivity contribution in [1.29, 1.82) is 0 Å². The Balaban J connectivity index is 2.04. The third-order valence-corrected chi connectivity index (χ3v) is 3.69. The number of rotatable bonds is 4. The molecule has 1 aliphatic carbocycles. The zero-order valence-electron chi connectivity index (χ0n) is 10.3. The summed E-state index contributed by atoms with van der Waals surface area (Å²) in [6, 6.07) is 8.37. The summed E-state index contributed by atoms with van der Waals surface area (Å²) in [6.07, 6.45) is 4.73. The maximum Gasteiger partial charge on any atom is 0.134 e. The van der Waals surface area contributed by atoms with Crippen molar-refractivity contribution in [3.8, 4) is 0 Å². The molecule has 3 rings (SSSR count). The molecule has 0 aliphatic heterocycles. The highest BCUT2D eigenvalue weighted by Gasteiger charge is 2.27. The molecule has 2 N–H and O–H groups in total. The van der Waals surface area contributed by atoms with E-state index in [1.54, 1.807) is 0 Å². The van der Waals surface area contributed by atoms with Crippen LogP contribution in [0, 0.1) is 5.92 Å². The Hall–Kier alpha value is -1.28. The van der Waals surface area contributed by atoms with E-state index >= 15 is 0 Å². The van der Waals surface area contributed by atoms with Crippen molar-refractivity contribution < 1.29 is 4.42 Å². The highest BCUT2D eigenvalue weighted by atomic mass is 16.3. The smallest absolute Gasteiger partial charge is 0.134 e. The molecule has 1 heterocycles. The Bertz CT molecular complexity index is 525. The van der Waals surface area contributed by atoms with Gasteiger partial charge in [0.1, 0.15) is 11.3 Å². The first-order valence-electron chi connectivity index (χ1n) is 6.55. The molecule has 2 aromatic rings. The summed E-state index contributed by atoms with van der Waals surface area (Å²) in [5.41, 5.74) is 8.59. The van der Waals surface area contributed by atoms with Crippen molar-refractivity contribution in [3.05, 3.63) is 35.6 Å². The second-order valence-electron chi connectivity index (χ2n) is 5.07. The number of fused-ring (bicyclic) bond motifs is 1. The first-order valence-corrected chi connectivity index (χ1v) is 6.55. The molecule has 90 valence electrons. The first-order chi connectivity index (χ1) is 8.29. The van der Waals surface area contributed by atoms with Gasteiger partial charge in [0.2, 0.25) is 0 Å². The van der Waals surface area contributed by atoms with Crippen LogP contribution in [0.1, 0.15) is 43.6 Å². The zero-order valence-corrected chi connectivity index (χ0v) is 10.3. The lowest BCUT2D eigenvalue weighted by molar-refractivity contribution is 0.526. The second kappa shape index (κ2) is 4.19. The van der Waals surface area contributed by atoms with Crippen LogP contribution in [0.5, 0.6) is 0 Å². The van der Waals surface area contributed by atoms with Crippen molar-refractivity contribution in [2.75, 3.05) is 0 Å². The van der Waals surface area contributed by atoms with Gasteiger partial charge in [0.05, 0.1) is 0 Å². The van der Waals surface area contributed by atoms with E-state index < -0.39 is 0 Å². The van der Waals surface area contributed by atoms with Crippen LogP contribution in [0.25, 0.3) is 11.0 Å². The molecular formula is C15H19NO. The van der Waals surface area contributed by atoms with E-state index in [0.717, 1.165) is 30.1 Å². The van der Waals surface area contributed by atoms with Crippen LogP contribution in [0.3, 0.4) is 0 Å². The lowest BCUT2D eigenvalue weighted by Crippen LogP contribution is -2.12. The molecule has 1 fully saturated rings. The van der Waals surface area contributed by atoms with Crippen molar-refractivity contribution in [2.45, 2.75) is 38.6 Å². The second-order valence-corrected chi connectivity index (χ2v) is 5.07. The number of nitrogens with two attached hydrogens (primary N) is 1. The molecule has 1 aliphatic rings. The predicted octanol–water partition coefficient (Wildman–Crippen LogP) is 3.80. The molecule has 1 saturated carbocycles. The fourth-order valence-electron chi connectivity index (χ4n) is 2.62. The Morgan fingerprint density at radius 2 is 2.12 bits per heavy atom. The van der Waals surface area contributed by atoms with E-state index in [4.69, 9.17) is 10.2 Å². The van der Waals surface area contributed by atoms with Gasteiger partial charge in [-0.15, -0.1) is 0 Å². The number of hydrogen-bond acceptors (Lipinski definition) is 2. The van der Waals surface area contributed by atoms with Crippen LogP contribution in [-0.2, 0) is 6.42 Å². The lowest BCUT2D eigenvalue weighted by Gasteiger charge is -2.11. The maximum atomic E-state index is 6.36. The third-order valence-electron chi connectivity index (χ3n) is 3.69. The fraction of sp³-hybridized carbons (Fsp3) is 0.467. The van der Waals surface area contributed by atoms with Crippen LogP contribution in [0.2, 0.25) is 0 Å². The largest absolute Gasteiger partial charge is 0.461 e. The molecule has 0 spiro atoms. The van der Waals surface area contributed by atoms with Crippen LogP contribution in [0.15, 0.2) is 28.7 Å². The van der Waals surface area contributed by atoms with Crippen LogP contribution in [0.4, 0.5) is 0 Å². The number of hydrogen-bond donors (Lipinski definition) is 1. The van der Waals surface area contributed by atoms with E-state index in [2.05, 4.69) is 19.1 Å². The van der Waals surface area contributed by atoms with Gasteiger partial charge >= 0.3 is 0 Å². The minimum absolute atomic E-state index is 0.140. The summed E-state index contributed by atoms with van der Waals surface area (Å²) < 4.78 is 5.89. The van der Waals surface area contributed by atoms with E-state index in [-0.39, 0.29) is 6.04 Å². The van der Waals surface area contributed by atoms with E-state index in [1.165, 1.54) is 23.8 Å². The highest BCUT2D eigenvalue weighted by Crippen LogP contribution is 2.40. The van der Waals surface area contributed by atoms with E-state index in [9.17, 15) is 0 Å². The molecular weight excluding hydrogens is 210 g/mol. The summed E-state index contributed by atoms with van der Waals surface area (Å²) in [7, 11) is 0. The summed E-state index contributed by atoms with van der Waals surface area (Å²) >= 11 is 0. The average molecular weight is 229 g/mol. The van der Waals surface area contributed by atoms with Gasteiger partial charge in [0.15, 0.2) is 0 Å². The van der Waals surface area contributed by atoms with Crippen molar-refractivity contribution in [1.82, 2.24) is 0 Å². The summed E-state index contributed by atoms with van der Waals surface area (Å²) in [5.74, 6) is 1.92. The molecule has 17 heavy (non-hydrogen) atoms. The quantitative estimate of drug-likeness (QED) is 0.866. The number of furan rings is 1. The minimum Gasteiger partial charge on any atom is -0.461 e. The van der Waals surface area contributed by atoms with Gasteiger partial charge < -0.3 is 10.2 Å². The van der Waals surface area contributed by atoms with Gasteiger partial charge in [-0.05, 0) is 18.4 Å². The van der Waals surface area contributed by atoms with Crippen LogP contribution >= 0.6 is 0 Å². The third kappa shape index (κ3) is 1.98. The predicted molar refractivity (Wildman–Crippen MR) is 69.9 cm³/mol. The maximum absolute atomic E-state index is 6.36. The van der Waals surface area contributed by atoms with Gasteiger partial charge in [-0.25, -0.2) is 0 Å².